The van der Waals surface area contributed by atoms with Crippen LogP contribution in [0.2, 0.25) is 0 Å². The van der Waals surface area contributed by atoms with Crippen molar-refractivity contribution in [3.05, 3.63) is 10.7 Å². The number of aryl methyl sites for hydroxylation is 2. The largest absolute Gasteiger partial charge is 0.410 e. The first-order valence-corrected chi connectivity index (χ1v) is 10.6. The fourth-order valence-electron chi connectivity index (χ4n) is 3.33. The zero-order valence-corrected chi connectivity index (χ0v) is 16.6. The van der Waals surface area contributed by atoms with Crippen LogP contribution in [0.3, 0.4) is 0 Å². The Morgan fingerprint density at radius 3 is 2.68 bits per heavy atom. The van der Waals surface area contributed by atoms with Crippen LogP contribution < -0.4 is 0 Å². The van der Waals surface area contributed by atoms with Gasteiger partial charge < -0.3 is 9.32 Å². The molecule has 0 radical (unpaired) electrons. The van der Waals surface area contributed by atoms with E-state index in [0.717, 1.165) is 35.0 Å². The number of carbonyl (C=O) groups is 1. The van der Waals surface area contributed by atoms with Crippen LogP contribution in [0.5, 0.6) is 0 Å². The Labute approximate surface area is 156 Å². The molecule has 2 heterocycles. The van der Waals surface area contributed by atoms with E-state index in [4.69, 9.17) is 4.42 Å². The van der Waals surface area contributed by atoms with Gasteiger partial charge in [-0.05, 0) is 33.6 Å². The van der Waals surface area contributed by atoms with Gasteiger partial charge in [-0.3, -0.25) is 4.79 Å². The molecule has 1 amide bonds. The van der Waals surface area contributed by atoms with E-state index in [1.165, 1.54) is 31.0 Å². The van der Waals surface area contributed by atoms with Crippen LogP contribution >= 0.6 is 23.1 Å². The highest BCUT2D eigenvalue weighted by atomic mass is 32.2. The van der Waals surface area contributed by atoms with Crippen LogP contribution in [0, 0.1) is 13.8 Å². The molecule has 3 rings (SSSR count). The topological polar surface area (TPSA) is 72.1 Å². The fourth-order valence-corrected chi connectivity index (χ4v) is 4.82. The van der Waals surface area contributed by atoms with Crippen LogP contribution in [0.15, 0.2) is 9.64 Å². The molecule has 0 bridgehead atoms. The summed E-state index contributed by atoms with van der Waals surface area (Å²) in [5, 5.41) is 9.58. The molecule has 136 valence electrons. The van der Waals surface area contributed by atoms with Crippen molar-refractivity contribution >= 4 is 29.0 Å². The number of amides is 1. The molecular weight excluding hydrogens is 356 g/mol. The van der Waals surface area contributed by atoms with E-state index in [2.05, 4.69) is 22.1 Å². The summed E-state index contributed by atoms with van der Waals surface area (Å²) < 4.78 is 5.71. The summed E-state index contributed by atoms with van der Waals surface area (Å²) in [5.41, 5.74) is 0.897. The number of hydrogen-bond acceptors (Lipinski definition) is 7. The van der Waals surface area contributed by atoms with Crippen molar-refractivity contribution in [1.29, 1.82) is 0 Å². The number of carbonyl (C=O) groups excluding carboxylic acids is 1. The average molecular weight is 381 g/mol. The highest BCUT2D eigenvalue weighted by Gasteiger charge is 2.24. The Morgan fingerprint density at radius 1 is 1.28 bits per heavy atom. The summed E-state index contributed by atoms with van der Waals surface area (Å²) in [7, 11) is 0. The predicted octanol–water partition coefficient (Wildman–Crippen LogP) is 4.08. The molecule has 25 heavy (non-hydrogen) atoms. The van der Waals surface area contributed by atoms with Crippen LogP contribution in [-0.4, -0.2) is 44.3 Å². The molecule has 0 unspecified atom stereocenters. The van der Waals surface area contributed by atoms with Gasteiger partial charge in [0, 0.05) is 12.6 Å². The van der Waals surface area contributed by atoms with Crippen LogP contribution in [-0.2, 0) is 4.79 Å². The maximum Gasteiger partial charge on any atom is 0.277 e. The first kappa shape index (κ1) is 18.4. The zero-order chi connectivity index (χ0) is 17.8. The van der Waals surface area contributed by atoms with Gasteiger partial charge in [-0.1, -0.05) is 31.0 Å². The van der Waals surface area contributed by atoms with E-state index in [1.54, 1.807) is 11.3 Å². The molecule has 1 saturated carbocycles. The summed E-state index contributed by atoms with van der Waals surface area (Å²) in [4.78, 5) is 19.9. The molecule has 8 heteroatoms. The summed E-state index contributed by atoms with van der Waals surface area (Å²) in [6.07, 6.45) is 5.99. The number of hydrogen-bond donors (Lipinski definition) is 0. The summed E-state index contributed by atoms with van der Waals surface area (Å²) in [6.45, 7) is 6.70. The lowest BCUT2D eigenvalue weighted by Gasteiger charge is -2.33. The minimum Gasteiger partial charge on any atom is -0.410 e. The molecule has 0 atom stereocenters. The SMILES string of the molecule is CCN(C(=O)CSc1nnc(-c2sc(C)nc2C)o1)C1CCCCC1. The Balaban J connectivity index is 1.59. The third-order valence-electron chi connectivity index (χ3n) is 4.50. The van der Waals surface area contributed by atoms with Crippen molar-refractivity contribution in [3.8, 4) is 10.8 Å². The van der Waals surface area contributed by atoms with Gasteiger partial charge in [-0.2, -0.15) is 0 Å². The minimum absolute atomic E-state index is 0.156. The standard InChI is InChI=1S/C17H24N4O2S2/c1-4-21(13-8-6-5-7-9-13)14(22)10-24-17-20-19-16(23-17)15-11(2)18-12(3)25-15/h13H,4-10H2,1-3H3. The number of nitrogens with zero attached hydrogens (tertiary/aromatic N) is 4. The molecule has 1 aliphatic rings. The monoisotopic (exact) mass is 380 g/mol. The van der Waals surface area contributed by atoms with Gasteiger partial charge in [0.25, 0.3) is 11.1 Å². The maximum atomic E-state index is 12.6. The van der Waals surface area contributed by atoms with Gasteiger partial charge in [0.15, 0.2) is 0 Å². The second kappa shape index (κ2) is 8.31. The quantitative estimate of drug-likeness (QED) is 0.703. The van der Waals surface area contributed by atoms with Gasteiger partial charge in [-0.15, -0.1) is 21.5 Å². The minimum atomic E-state index is 0.156. The number of rotatable bonds is 6. The molecule has 1 fully saturated rings. The Morgan fingerprint density at radius 2 is 2.04 bits per heavy atom. The molecule has 0 spiro atoms. The van der Waals surface area contributed by atoms with Crippen molar-refractivity contribution < 1.29 is 9.21 Å². The molecule has 0 aromatic carbocycles. The fraction of sp³-hybridized carbons (Fsp3) is 0.647. The maximum absolute atomic E-state index is 12.6. The van der Waals surface area contributed by atoms with E-state index in [-0.39, 0.29) is 5.91 Å². The van der Waals surface area contributed by atoms with Gasteiger partial charge in [0.1, 0.15) is 4.88 Å². The van der Waals surface area contributed by atoms with Crippen LogP contribution in [0.1, 0.15) is 49.7 Å². The van der Waals surface area contributed by atoms with Crippen molar-refractivity contribution in [3.63, 3.8) is 0 Å². The van der Waals surface area contributed by atoms with Crippen molar-refractivity contribution in [2.45, 2.75) is 64.1 Å². The van der Waals surface area contributed by atoms with Gasteiger partial charge >= 0.3 is 0 Å². The van der Waals surface area contributed by atoms with Crippen LogP contribution in [0.25, 0.3) is 10.8 Å². The molecule has 1 aliphatic carbocycles. The third-order valence-corrected chi connectivity index (χ3v) is 6.36. The highest BCUT2D eigenvalue weighted by molar-refractivity contribution is 7.99. The second-order valence-corrected chi connectivity index (χ2v) is 8.41. The highest BCUT2D eigenvalue weighted by Crippen LogP contribution is 2.31. The lowest BCUT2D eigenvalue weighted by molar-refractivity contribution is -0.131. The molecule has 2 aromatic heterocycles. The van der Waals surface area contributed by atoms with Crippen molar-refractivity contribution in [1.82, 2.24) is 20.1 Å². The summed E-state index contributed by atoms with van der Waals surface area (Å²) in [6, 6.07) is 0.396. The van der Waals surface area contributed by atoms with Crippen molar-refractivity contribution in [2.75, 3.05) is 12.3 Å². The Kier molecular flexibility index (Phi) is 6.11. The lowest BCUT2D eigenvalue weighted by atomic mass is 9.94. The van der Waals surface area contributed by atoms with Gasteiger partial charge in [0.2, 0.25) is 5.91 Å². The number of aromatic nitrogens is 3. The molecular formula is C17H24N4O2S2. The van der Waals surface area contributed by atoms with Crippen molar-refractivity contribution in [2.24, 2.45) is 0 Å². The molecule has 6 nitrogen and oxygen atoms in total. The number of thiazole rings is 1. The Bertz CT molecular complexity index is 722. The average Bonchev–Trinajstić information content (AvgIpc) is 3.20. The van der Waals surface area contributed by atoms with E-state index >= 15 is 0 Å². The van der Waals surface area contributed by atoms with E-state index in [0.29, 0.717) is 22.9 Å². The molecule has 0 saturated heterocycles. The molecule has 0 N–H and O–H groups in total. The van der Waals surface area contributed by atoms with Crippen LogP contribution in [0.4, 0.5) is 0 Å². The van der Waals surface area contributed by atoms with Gasteiger partial charge in [-0.25, -0.2) is 4.98 Å². The second-order valence-electron chi connectivity index (χ2n) is 6.28. The van der Waals surface area contributed by atoms with E-state index < -0.39 is 0 Å². The van der Waals surface area contributed by atoms with E-state index in [9.17, 15) is 4.79 Å². The van der Waals surface area contributed by atoms with Gasteiger partial charge in [0.05, 0.1) is 16.5 Å². The Hall–Kier alpha value is -1.41. The first-order valence-electron chi connectivity index (χ1n) is 8.78. The molecule has 0 aliphatic heterocycles. The molecule has 2 aromatic rings. The predicted molar refractivity (Wildman–Crippen MR) is 99.9 cm³/mol. The summed E-state index contributed by atoms with van der Waals surface area (Å²) in [5.74, 6) is 0.980. The number of thioether (sulfide) groups is 1. The smallest absolute Gasteiger partial charge is 0.277 e. The third kappa shape index (κ3) is 4.41. The zero-order valence-electron chi connectivity index (χ0n) is 14.9. The van der Waals surface area contributed by atoms with E-state index in [1.807, 2.05) is 18.7 Å². The first-order chi connectivity index (χ1) is 12.1. The summed E-state index contributed by atoms with van der Waals surface area (Å²) >= 11 is 2.86. The normalized spacial score (nSPS) is 15.5. The lowest BCUT2D eigenvalue weighted by Crippen LogP contribution is -2.42.